The minimum atomic E-state index is 0.501. The zero-order valence-corrected chi connectivity index (χ0v) is 5.55. The molecule has 0 amide bonds. The molecule has 2 unspecified atom stereocenters. The van der Waals surface area contributed by atoms with Gasteiger partial charge in [0.15, 0.2) is 0 Å². The second kappa shape index (κ2) is 1.96. The molecule has 2 aliphatic rings. The van der Waals surface area contributed by atoms with Gasteiger partial charge in [0.05, 0.1) is 12.2 Å². The van der Waals surface area contributed by atoms with Crippen molar-refractivity contribution in [3.8, 4) is 0 Å². The average Bonchev–Trinajstić information content (AvgIpc) is 2.11. The van der Waals surface area contributed by atoms with Crippen molar-refractivity contribution in [3.63, 3.8) is 0 Å². The minimum Gasteiger partial charge on any atom is -0.455 e. The molecular formula is C7H12NO-. The van der Waals surface area contributed by atoms with Gasteiger partial charge in [-0.15, -0.1) is 0 Å². The third kappa shape index (κ3) is 0.970. The van der Waals surface area contributed by atoms with Crippen LogP contribution in [0.15, 0.2) is 0 Å². The lowest BCUT2D eigenvalue weighted by Gasteiger charge is -2.34. The van der Waals surface area contributed by atoms with Crippen LogP contribution in [0, 0.1) is 7.05 Å². The molecule has 2 fully saturated rings. The maximum atomic E-state index is 5.59. The van der Waals surface area contributed by atoms with Gasteiger partial charge in [0.25, 0.3) is 0 Å². The average molecular weight is 126 g/mol. The zero-order valence-electron chi connectivity index (χ0n) is 5.55. The molecule has 0 spiro atoms. The molecular weight excluding hydrogens is 114 g/mol. The molecule has 0 aromatic rings. The summed E-state index contributed by atoms with van der Waals surface area (Å²) in [6.45, 7) is 2.08. The number of nitrogens with zero attached hydrogens (tertiary/aromatic N) is 1. The zero-order chi connectivity index (χ0) is 6.27. The largest absolute Gasteiger partial charge is 0.455 e. The van der Waals surface area contributed by atoms with E-state index in [-0.39, 0.29) is 0 Å². The van der Waals surface area contributed by atoms with Crippen molar-refractivity contribution in [2.45, 2.75) is 25.0 Å². The van der Waals surface area contributed by atoms with E-state index < -0.39 is 0 Å². The molecule has 2 nitrogen and oxygen atoms in total. The predicted octanol–water partition coefficient (Wildman–Crippen LogP) is 0.641. The molecule has 9 heavy (non-hydrogen) atoms. The third-order valence-electron chi connectivity index (χ3n) is 2.12. The third-order valence-corrected chi connectivity index (χ3v) is 2.12. The molecule has 2 heteroatoms. The van der Waals surface area contributed by atoms with Gasteiger partial charge in [0, 0.05) is 0 Å². The Kier molecular flexibility index (Phi) is 1.24. The molecule has 0 aromatic heterocycles. The van der Waals surface area contributed by atoms with Crippen LogP contribution >= 0.6 is 0 Å². The first-order valence-electron chi connectivity index (χ1n) is 3.55. The Balaban J connectivity index is 2.03. The van der Waals surface area contributed by atoms with Gasteiger partial charge >= 0.3 is 0 Å². The summed E-state index contributed by atoms with van der Waals surface area (Å²) in [5, 5.41) is 0. The van der Waals surface area contributed by atoms with Crippen molar-refractivity contribution in [2.75, 3.05) is 13.1 Å². The summed E-state index contributed by atoms with van der Waals surface area (Å²) in [7, 11) is 3.89. The summed E-state index contributed by atoms with van der Waals surface area (Å²) in [6.07, 6.45) is 3.50. The second-order valence-corrected chi connectivity index (χ2v) is 2.99. The number of hydrogen-bond donors (Lipinski definition) is 0. The van der Waals surface area contributed by atoms with E-state index in [0.717, 1.165) is 13.1 Å². The van der Waals surface area contributed by atoms with Gasteiger partial charge < -0.3 is 9.64 Å². The van der Waals surface area contributed by atoms with Crippen molar-refractivity contribution in [1.29, 1.82) is 0 Å². The highest BCUT2D eigenvalue weighted by atomic mass is 16.5. The van der Waals surface area contributed by atoms with Gasteiger partial charge in [-0.25, -0.2) is 0 Å². The van der Waals surface area contributed by atoms with Crippen LogP contribution in [0.1, 0.15) is 12.8 Å². The van der Waals surface area contributed by atoms with Crippen molar-refractivity contribution >= 4 is 0 Å². The van der Waals surface area contributed by atoms with Crippen LogP contribution in [0.5, 0.6) is 0 Å². The standard InChI is InChI=1S/C7H12NO/c1-8-4-6-2-3-7(5-8)9-6/h6-7H,1-5H2/q-1. The minimum absolute atomic E-state index is 0.501. The van der Waals surface area contributed by atoms with Gasteiger partial charge in [-0.2, -0.15) is 0 Å². The van der Waals surface area contributed by atoms with E-state index in [1.165, 1.54) is 12.8 Å². The predicted molar refractivity (Wildman–Crippen MR) is 34.8 cm³/mol. The van der Waals surface area contributed by atoms with E-state index in [4.69, 9.17) is 4.74 Å². The maximum Gasteiger partial charge on any atom is 0.0683 e. The fraction of sp³-hybridized carbons (Fsp3) is 0.857. The first kappa shape index (κ1) is 5.69. The highest BCUT2D eigenvalue weighted by Crippen LogP contribution is 2.25. The fourth-order valence-electron chi connectivity index (χ4n) is 1.70. The van der Waals surface area contributed by atoms with Gasteiger partial charge in [-0.05, 0) is 25.9 Å². The fourth-order valence-corrected chi connectivity index (χ4v) is 1.70. The van der Waals surface area contributed by atoms with Crippen LogP contribution in [-0.2, 0) is 4.74 Å². The lowest BCUT2D eigenvalue weighted by Crippen LogP contribution is -2.38. The normalized spacial score (nSPS) is 43.7. The van der Waals surface area contributed by atoms with Crippen molar-refractivity contribution in [3.05, 3.63) is 7.05 Å². The molecule has 2 atom stereocenters. The van der Waals surface area contributed by atoms with Gasteiger partial charge in [0.1, 0.15) is 0 Å². The summed E-state index contributed by atoms with van der Waals surface area (Å²) in [6, 6.07) is 0. The van der Waals surface area contributed by atoms with E-state index in [1.54, 1.807) is 0 Å². The highest BCUT2D eigenvalue weighted by molar-refractivity contribution is 4.84. The number of ether oxygens (including phenoxy) is 1. The number of rotatable bonds is 0. The summed E-state index contributed by atoms with van der Waals surface area (Å²) in [5.41, 5.74) is 0. The monoisotopic (exact) mass is 126 g/mol. The van der Waals surface area contributed by atoms with E-state index in [0.29, 0.717) is 12.2 Å². The van der Waals surface area contributed by atoms with Gasteiger partial charge in [-0.3, -0.25) is 7.05 Å². The Hall–Kier alpha value is -0.0800. The second-order valence-electron chi connectivity index (χ2n) is 2.99. The Morgan fingerprint density at radius 3 is 2.33 bits per heavy atom. The maximum absolute atomic E-state index is 5.59. The molecule has 0 aromatic carbocycles. The van der Waals surface area contributed by atoms with Crippen LogP contribution < -0.4 is 0 Å². The Morgan fingerprint density at radius 2 is 1.78 bits per heavy atom. The van der Waals surface area contributed by atoms with Crippen LogP contribution in [0.4, 0.5) is 0 Å². The molecule has 0 radical (unpaired) electrons. The summed E-state index contributed by atoms with van der Waals surface area (Å²) >= 11 is 0. The van der Waals surface area contributed by atoms with Crippen LogP contribution in [0.25, 0.3) is 0 Å². The van der Waals surface area contributed by atoms with Crippen LogP contribution in [-0.4, -0.2) is 30.2 Å². The Labute approximate surface area is 55.8 Å². The number of likely N-dealkylation sites (tertiary alicyclic amines) is 1. The number of morpholine rings is 1. The first-order chi connectivity index (χ1) is 4.34. The quantitative estimate of drug-likeness (QED) is 0.442. The van der Waals surface area contributed by atoms with E-state index in [9.17, 15) is 0 Å². The SMILES string of the molecule is [CH2-]N1CC2CCC(C1)O2. The topological polar surface area (TPSA) is 12.5 Å². The lowest BCUT2D eigenvalue weighted by molar-refractivity contribution is -0.0235. The van der Waals surface area contributed by atoms with Gasteiger partial charge in [-0.1, -0.05) is 0 Å². The number of hydrogen-bond acceptors (Lipinski definition) is 2. The Bertz CT molecular complexity index is 103. The molecule has 2 aliphatic heterocycles. The summed E-state index contributed by atoms with van der Waals surface area (Å²) in [5.74, 6) is 0. The van der Waals surface area contributed by atoms with E-state index in [1.807, 2.05) is 0 Å². The summed E-state index contributed by atoms with van der Waals surface area (Å²) < 4.78 is 5.59. The highest BCUT2D eigenvalue weighted by Gasteiger charge is 2.29. The van der Waals surface area contributed by atoms with E-state index >= 15 is 0 Å². The van der Waals surface area contributed by atoms with Gasteiger partial charge in [0.2, 0.25) is 0 Å². The molecule has 2 rings (SSSR count). The number of fused-ring (bicyclic) bond motifs is 2. The van der Waals surface area contributed by atoms with Crippen molar-refractivity contribution < 1.29 is 4.74 Å². The van der Waals surface area contributed by atoms with E-state index in [2.05, 4.69) is 11.9 Å². The molecule has 2 saturated heterocycles. The summed E-state index contributed by atoms with van der Waals surface area (Å²) in [4.78, 5) is 2.12. The van der Waals surface area contributed by atoms with Crippen LogP contribution in [0.3, 0.4) is 0 Å². The smallest absolute Gasteiger partial charge is 0.0683 e. The van der Waals surface area contributed by atoms with Crippen molar-refractivity contribution in [1.82, 2.24) is 4.90 Å². The Morgan fingerprint density at radius 1 is 1.22 bits per heavy atom. The first-order valence-corrected chi connectivity index (χ1v) is 3.55. The molecule has 2 heterocycles. The molecule has 52 valence electrons. The molecule has 0 aliphatic carbocycles. The van der Waals surface area contributed by atoms with Crippen molar-refractivity contribution in [2.24, 2.45) is 0 Å². The molecule has 0 saturated carbocycles. The molecule has 0 N–H and O–H groups in total. The molecule has 2 bridgehead atoms. The van der Waals surface area contributed by atoms with Crippen LogP contribution in [0.2, 0.25) is 0 Å². The lowest BCUT2D eigenvalue weighted by atomic mass is 10.2.